The van der Waals surface area contributed by atoms with Crippen molar-refractivity contribution in [1.29, 1.82) is 0 Å². The van der Waals surface area contributed by atoms with Gasteiger partial charge in [-0.05, 0) is 24.2 Å². The smallest absolute Gasteiger partial charge is 1.00 e. The molecule has 0 saturated carbocycles. The van der Waals surface area contributed by atoms with E-state index in [1.54, 1.807) is 5.30 Å². The summed E-state index contributed by atoms with van der Waals surface area (Å²) in [5.74, 6) is 0. The molecule has 3 aromatic rings. The van der Waals surface area contributed by atoms with Crippen molar-refractivity contribution in [3.05, 3.63) is 65.7 Å². The van der Waals surface area contributed by atoms with Crippen molar-refractivity contribution in [2.45, 2.75) is 85.0 Å². The van der Waals surface area contributed by atoms with Crippen LogP contribution in [0.1, 0.15) is 71.4 Å². The van der Waals surface area contributed by atoms with Crippen molar-refractivity contribution < 1.29 is 51.0 Å². The van der Waals surface area contributed by atoms with Gasteiger partial charge >= 0.3 is 26.2 Å². The largest absolute Gasteiger partial charge is 4.00 e. The maximum atomic E-state index is 2.43. The second-order valence-electron chi connectivity index (χ2n) is 8.10. The molecule has 0 aliphatic heterocycles. The number of hydrogen-bond donors (Lipinski definition) is 0. The van der Waals surface area contributed by atoms with Crippen LogP contribution in [-0.2, 0) is 32.6 Å². The average Bonchev–Trinajstić information content (AvgIpc) is 3.32. The van der Waals surface area contributed by atoms with Crippen molar-refractivity contribution in [2.75, 3.05) is 0 Å². The van der Waals surface area contributed by atoms with Crippen LogP contribution in [0.25, 0.3) is 10.8 Å². The molecule has 170 valence electrons. The summed E-state index contributed by atoms with van der Waals surface area (Å²) in [6.07, 6.45) is 6.46. The summed E-state index contributed by atoms with van der Waals surface area (Å²) < 4.78 is 0. The van der Waals surface area contributed by atoms with Crippen LogP contribution in [-0.4, -0.2) is 11.3 Å². The molecule has 0 bridgehead atoms. The minimum Gasteiger partial charge on any atom is -1.00 e. The quantitative estimate of drug-likeness (QED) is 0.295. The summed E-state index contributed by atoms with van der Waals surface area (Å²) in [5, 5.41) is 4.42. The third-order valence-corrected chi connectivity index (χ3v) is 9.47. The van der Waals surface area contributed by atoms with Crippen LogP contribution in [0.3, 0.4) is 0 Å². The van der Waals surface area contributed by atoms with Gasteiger partial charge in [-0.3, -0.25) is 0 Å². The van der Waals surface area contributed by atoms with Crippen LogP contribution in [0.5, 0.6) is 0 Å². The van der Waals surface area contributed by atoms with Crippen molar-refractivity contribution >= 4 is 24.0 Å². The number of unbranched alkanes of at least 4 members (excludes halogenated alkanes) is 1. The van der Waals surface area contributed by atoms with E-state index in [0.29, 0.717) is 0 Å². The van der Waals surface area contributed by atoms with E-state index in [1.165, 1.54) is 54.0 Å². The molecular formula is C27H39Cl2PZr. The van der Waals surface area contributed by atoms with Gasteiger partial charge < -0.3 is 24.8 Å². The predicted molar refractivity (Wildman–Crippen MR) is 131 cm³/mol. The molecule has 0 radical (unpaired) electrons. The molecule has 4 heteroatoms. The third-order valence-electron chi connectivity index (χ3n) is 5.98. The standard InChI is InChI=1S/C17H24P.C10H15.2ClH.Zr/c1-5-13(3)18(14(4)6-2)17-11-15-9-7-8-10-16(15)12-17;1-3-4-7-10-8-5-6-9(10)2;;;/h7-14H,5-6H2,1-4H3;5-6,8H,3-4,7H2,1-2H3;2*1H;/q2*-1;;;+4/p-2. The average molecular weight is 557 g/mol. The first-order valence-electron chi connectivity index (χ1n) is 11.2. The third kappa shape index (κ3) is 9.84. The molecular weight excluding hydrogens is 517 g/mol. The van der Waals surface area contributed by atoms with Gasteiger partial charge in [0.05, 0.1) is 0 Å². The zero-order chi connectivity index (χ0) is 20.5. The van der Waals surface area contributed by atoms with E-state index in [9.17, 15) is 0 Å². The maximum Gasteiger partial charge on any atom is 4.00 e. The van der Waals surface area contributed by atoms with Crippen LogP contribution in [0.2, 0.25) is 0 Å². The minimum atomic E-state index is -0.0252. The van der Waals surface area contributed by atoms with Crippen LogP contribution >= 0.6 is 7.92 Å². The molecule has 0 fully saturated rings. The fraction of sp³-hybridized carbons (Fsp3) is 0.481. The molecule has 2 unspecified atom stereocenters. The Balaban J connectivity index is 0. The van der Waals surface area contributed by atoms with Gasteiger partial charge in [0.15, 0.2) is 0 Å². The number of aryl methyl sites for hydroxylation is 2. The Morgan fingerprint density at radius 1 is 0.935 bits per heavy atom. The second kappa shape index (κ2) is 17.5. The van der Waals surface area contributed by atoms with Gasteiger partial charge in [-0.2, -0.15) is 23.3 Å². The number of hydrogen-bond acceptors (Lipinski definition) is 0. The summed E-state index contributed by atoms with van der Waals surface area (Å²) in [6, 6.07) is 20.2. The number of rotatable bonds is 8. The van der Waals surface area contributed by atoms with Gasteiger partial charge in [0.2, 0.25) is 0 Å². The summed E-state index contributed by atoms with van der Waals surface area (Å²) in [5.41, 5.74) is 4.63. The molecule has 0 nitrogen and oxygen atoms in total. The van der Waals surface area contributed by atoms with E-state index < -0.39 is 0 Å². The van der Waals surface area contributed by atoms with E-state index in [0.717, 1.165) is 11.3 Å². The molecule has 0 aromatic heterocycles. The van der Waals surface area contributed by atoms with Gasteiger partial charge in [0, 0.05) is 0 Å². The van der Waals surface area contributed by atoms with Gasteiger partial charge in [-0.25, -0.2) is 12.1 Å². The Morgan fingerprint density at radius 3 is 2.03 bits per heavy atom. The molecule has 3 rings (SSSR count). The number of fused-ring (bicyclic) bond motifs is 1. The summed E-state index contributed by atoms with van der Waals surface area (Å²) in [7, 11) is -0.0252. The Bertz CT molecular complexity index is 780. The Kier molecular flexibility index (Phi) is 18.8. The van der Waals surface area contributed by atoms with E-state index >= 15 is 0 Å². The van der Waals surface area contributed by atoms with Gasteiger partial charge in [-0.1, -0.05) is 74.8 Å². The molecule has 3 aromatic carbocycles. The van der Waals surface area contributed by atoms with Crippen molar-refractivity contribution in [3.63, 3.8) is 0 Å². The van der Waals surface area contributed by atoms with E-state index in [1.807, 2.05) is 0 Å². The van der Waals surface area contributed by atoms with Crippen molar-refractivity contribution in [2.24, 2.45) is 0 Å². The summed E-state index contributed by atoms with van der Waals surface area (Å²) in [4.78, 5) is 0. The van der Waals surface area contributed by atoms with E-state index in [4.69, 9.17) is 0 Å². The van der Waals surface area contributed by atoms with Crippen molar-refractivity contribution in [3.8, 4) is 0 Å². The molecule has 0 aliphatic carbocycles. The fourth-order valence-electron chi connectivity index (χ4n) is 3.81. The molecule has 0 spiro atoms. The topological polar surface area (TPSA) is 0 Å². The Hall–Kier alpha value is 0.0731. The molecule has 0 N–H and O–H groups in total. The molecule has 31 heavy (non-hydrogen) atoms. The summed E-state index contributed by atoms with van der Waals surface area (Å²) in [6.45, 7) is 13.9. The molecule has 0 aliphatic rings. The number of halogens is 2. The maximum absolute atomic E-state index is 2.43. The van der Waals surface area contributed by atoms with Crippen LogP contribution in [0, 0.1) is 6.92 Å². The predicted octanol–water partition coefficient (Wildman–Crippen LogP) is 2.32. The van der Waals surface area contributed by atoms with Gasteiger partial charge in [0.1, 0.15) is 0 Å². The van der Waals surface area contributed by atoms with Gasteiger partial charge in [-0.15, -0.1) is 40.3 Å². The van der Waals surface area contributed by atoms with Crippen LogP contribution in [0.15, 0.2) is 54.6 Å². The number of benzene rings is 1. The Labute approximate surface area is 224 Å². The SMILES string of the molecule is CCC(C)P(c1cc2ccccc2[cH-]1)C(C)CC.CCCC[c-]1cccc1C.[Cl-].[Cl-].[Zr+4]. The second-order valence-corrected chi connectivity index (χ2v) is 11.2. The minimum absolute atomic E-state index is 0. The molecule has 2 atom stereocenters. The Morgan fingerprint density at radius 2 is 1.55 bits per heavy atom. The fourth-order valence-corrected chi connectivity index (χ4v) is 7.06. The first-order chi connectivity index (χ1) is 13.5. The van der Waals surface area contributed by atoms with Crippen molar-refractivity contribution in [1.82, 2.24) is 0 Å². The van der Waals surface area contributed by atoms with Gasteiger partial charge in [0.25, 0.3) is 0 Å². The molecule has 0 saturated heterocycles. The first kappa shape index (κ1) is 33.2. The summed E-state index contributed by atoms with van der Waals surface area (Å²) >= 11 is 0. The molecule has 0 amide bonds. The molecule has 0 heterocycles. The zero-order valence-corrected chi connectivity index (χ0v) is 25.0. The monoisotopic (exact) mass is 554 g/mol. The van der Waals surface area contributed by atoms with Crippen LogP contribution in [0.4, 0.5) is 0 Å². The van der Waals surface area contributed by atoms with E-state index in [-0.39, 0.29) is 58.9 Å². The first-order valence-corrected chi connectivity index (χ1v) is 12.6. The van der Waals surface area contributed by atoms with Crippen LogP contribution < -0.4 is 30.1 Å². The zero-order valence-electron chi connectivity index (χ0n) is 20.1. The van der Waals surface area contributed by atoms with E-state index in [2.05, 4.69) is 96.1 Å². The normalized spacial score (nSPS) is 13.0.